The fourth-order valence-corrected chi connectivity index (χ4v) is 2.30. The highest BCUT2D eigenvalue weighted by Gasteiger charge is 2.30. The Hall–Kier alpha value is -1.15. The number of hydrogen-bond donors (Lipinski definition) is 1. The summed E-state index contributed by atoms with van der Waals surface area (Å²) in [6.45, 7) is 0. The highest BCUT2D eigenvalue weighted by atomic mass is 16.3. The zero-order chi connectivity index (χ0) is 10.7. The number of rotatable bonds is 2. The Bertz CT molecular complexity index is 334. The van der Waals surface area contributed by atoms with Crippen LogP contribution in [0.4, 0.5) is 0 Å². The van der Waals surface area contributed by atoms with Crippen LogP contribution >= 0.6 is 0 Å². The van der Waals surface area contributed by atoms with Crippen molar-refractivity contribution in [3.63, 3.8) is 0 Å². The van der Waals surface area contributed by atoms with E-state index in [4.69, 9.17) is 0 Å². The van der Waals surface area contributed by atoms with Crippen LogP contribution in [0.2, 0.25) is 0 Å². The summed E-state index contributed by atoms with van der Waals surface area (Å²) in [6, 6.07) is 7.29. The lowest BCUT2D eigenvalue weighted by molar-refractivity contribution is -0.000639. The Kier molecular flexibility index (Phi) is 2.87. The molecule has 80 valence electrons. The van der Waals surface area contributed by atoms with Crippen LogP contribution in [0.5, 0.6) is 0 Å². The molecule has 0 amide bonds. The van der Waals surface area contributed by atoms with Gasteiger partial charge in [0.2, 0.25) is 0 Å². The van der Waals surface area contributed by atoms with Crippen LogP contribution in [0.3, 0.4) is 0 Å². The Morgan fingerprint density at radius 3 is 2.20 bits per heavy atom. The van der Waals surface area contributed by atoms with Crippen molar-refractivity contribution in [2.24, 2.45) is 0 Å². The second-order valence-electron chi connectivity index (χ2n) is 4.33. The lowest BCUT2D eigenvalue weighted by Crippen LogP contribution is -2.28. The van der Waals surface area contributed by atoms with E-state index in [1.807, 2.05) is 12.1 Å². The molecule has 2 rings (SSSR count). The predicted molar refractivity (Wildman–Crippen MR) is 58.8 cm³/mol. The molecule has 15 heavy (non-hydrogen) atoms. The number of aldehydes is 1. The van der Waals surface area contributed by atoms with Crippen molar-refractivity contribution in [3.8, 4) is 0 Å². The molecule has 0 spiro atoms. The second kappa shape index (κ2) is 4.15. The molecule has 1 aromatic rings. The van der Waals surface area contributed by atoms with E-state index in [1.54, 1.807) is 12.1 Å². The minimum atomic E-state index is -0.653. The molecule has 2 heteroatoms. The van der Waals surface area contributed by atoms with Gasteiger partial charge >= 0.3 is 0 Å². The van der Waals surface area contributed by atoms with Gasteiger partial charge in [0.25, 0.3) is 0 Å². The zero-order valence-electron chi connectivity index (χ0n) is 8.78. The van der Waals surface area contributed by atoms with Gasteiger partial charge in [-0.15, -0.1) is 0 Å². The topological polar surface area (TPSA) is 37.3 Å². The highest BCUT2D eigenvalue weighted by Crippen LogP contribution is 2.36. The van der Waals surface area contributed by atoms with E-state index in [1.165, 1.54) is 6.42 Å². The van der Waals surface area contributed by atoms with Gasteiger partial charge in [0.1, 0.15) is 6.29 Å². The summed E-state index contributed by atoms with van der Waals surface area (Å²) in [5.41, 5.74) is 0.964. The summed E-state index contributed by atoms with van der Waals surface area (Å²) in [4.78, 5) is 10.5. The van der Waals surface area contributed by atoms with E-state index in [0.717, 1.165) is 37.5 Å². The molecule has 0 unspecified atom stereocenters. The molecule has 1 aromatic carbocycles. The van der Waals surface area contributed by atoms with Crippen LogP contribution in [0.25, 0.3) is 0 Å². The first kappa shape index (κ1) is 10.4. The molecule has 0 aromatic heterocycles. The summed E-state index contributed by atoms with van der Waals surface area (Å²) in [7, 11) is 0. The Morgan fingerprint density at radius 2 is 1.67 bits per heavy atom. The molecular weight excluding hydrogens is 188 g/mol. The van der Waals surface area contributed by atoms with Crippen LogP contribution in [-0.2, 0) is 5.60 Å². The maximum Gasteiger partial charge on any atom is 0.150 e. The maximum atomic E-state index is 10.5. The van der Waals surface area contributed by atoms with Crippen molar-refractivity contribution in [3.05, 3.63) is 35.4 Å². The number of carbonyl (C=O) groups is 1. The molecule has 2 nitrogen and oxygen atoms in total. The normalized spacial score (nSPS) is 19.8. The number of carbonyl (C=O) groups excluding carboxylic acids is 1. The van der Waals surface area contributed by atoms with Crippen molar-refractivity contribution >= 4 is 6.29 Å². The average Bonchev–Trinajstić information content (AvgIpc) is 2.30. The fourth-order valence-electron chi connectivity index (χ4n) is 2.30. The molecule has 0 saturated heterocycles. The van der Waals surface area contributed by atoms with Crippen LogP contribution in [0, 0.1) is 0 Å². The van der Waals surface area contributed by atoms with Gasteiger partial charge in [0.05, 0.1) is 5.60 Å². The molecule has 1 aliphatic carbocycles. The van der Waals surface area contributed by atoms with Crippen LogP contribution < -0.4 is 0 Å². The third-order valence-electron chi connectivity index (χ3n) is 3.26. The maximum absolute atomic E-state index is 10.5. The van der Waals surface area contributed by atoms with Gasteiger partial charge < -0.3 is 5.11 Å². The SMILES string of the molecule is O=Cc1ccc(C2(O)CCCCC2)cc1. The van der Waals surface area contributed by atoms with E-state index in [2.05, 4.69) is 0 Å². The van der Waals surface area contributed by atoms with Gasteiger partial charge in [-0.1, -0.05) is 43.5 Å². The summed E-state index contributed by atoms with van der Waals surface area (Å²) in [6.07, 6.45) is 5.90. The summed E-state index contributed by atoms with van der Waals surface area (Å²) in [5, 5.41) is 10.4. The quantitative estimate of drug-likeness (QED) is 0.752. The third-order valence-corrected chi connectivity index (χ3v) is 3.26. The molecular formula is C13H16O2. The minimum Gasteiger partial charge on any atom is -0.385 e. The van der Waals surface area contributed by atoms with Crippen molar-refractivity contribution in [2.45, 2.75) is 37.7 Å². The standard InChI is InChI=1S/C13H16O2/c14-10-11-4-6-12(7-5-11)13(15)8-2-1-3-9-13/h4-7,10,15H,1-3,8-9H2. The average molecular weight is 204 g/mol. The molecule has 0 radical (unpaired) electrons. The monoisotopic (exact) mass is 204 g/mol. The molecule has 1 saturated carbocycles. The molecule has 1 N–H and O–H groups in total. The number of benzene rings is 1. The molecule has 0 heterocycles. The van der Waals surface area contributed by atoms with Crippen LogP contribution in [0.1, 0.15) is 48.0 Å². The Balaban J connectivity index is 2.23. The van der Waals surface area contributed by atoms with Crippen molar-refractivity contribution < 1.29 is 9.90 Å². The first-order valence-electron chi connectivity index (χ1n) is 5.53. The Morgan fingerprint density at radius 1 is 1.07 bits per heavy atom. The van der Waals surface area contributed by atoms with Crippen LogP contribution in [0.15, 0.2) is 24.3 Å². The van der Waals surface area contributed by atoms with Gasteiger partial charge in [0, 0.05) is 5.56 Å². The van der Waals surface area contributed by atoms with Gasteiger partial charge in [-0.05, 0) is 18.4 Å². The third kappa shape index (κ3) is 2.10. The van der Waals surface area contributed by atoms with Crippen LogP contribution in [-0.4, -0.2) is 11.4 Å². The van der Waals surface area contributed by atoms with E-state index in [0.29, 0.717) is 5.56 Å². The zero-order valence-corrected chi connectivity index (χ0v) is 8.78. The van der Waals surface area contributed by atoms with Gasteiger partial charge in [-0.25, -0.2) is 0 Å². The van der Waals surface area contributed by atoms with E-state index < -0.39 is 5.60 Å². The smallest absolute Gasteiger partial charge is 0.150 e. The summed E-state index contributed by atoms with van der Waals surface area (Å²) >= 11 is 0. The molecule has 1 aliphatic rings. The predicted octanol–water partition coefficient (Wildman–Crippen LogP) is 2.65. The highest BCUT2D eigenvalue weighted by molar-refractivity contribution is 5.74. The molecule has 0 aliphatic heterocycles. The van der Waals surface area contributed by atoms with Crippen molar-refractivity contribution in [2.75, 3.05) is 0 Å². The molecule has 0 bridgehead atoms. The fraction of sp³-hybridized carbons (Fsp3) is 0.462. The van der Waals surface area contributed by atoms with Gasteiger partial charge in [-0.2, -0.15) is 0 Å². The largest absolute Gasteiger partial charge is 0.385 e. The lowest BCUT2D eigenvalue weighted by Gasteiger charge is -2.32. The van der Waals surface area contributed by atoms with E-state index in [9.17, 15) is 9.90 Å². The first-order chi connectivity index (χ1) is 7.24. The van der Waals surface area contributed by atoms with Gasteiger partial charge in [-0.3, -0.25) is 4.79 Å². The number of hydrogen-bond acceptors (Lipinski definition) is 2. The molecule has 1 fully saturated rings. The van der Waals surface area contributed by atoms with Crippen molar-refractivity contribution in [1.29, 1.82) is 0 Å². The lowest BCUT2D eigenvalue weighted by atomic mass is 9.79. The van der Waals surface area contributed by atoms with Crippen molar-refractivity contribution in [1.82, 2.24) is 0 Å². The van der Waals surface area contributed by atoms with E-state index in [-0.39, 0.29) is 0 Å². The second-order valence-corrected chi connectivity index (χ2v) is 4.33. The minimum absolute atomic E-state index is 0.653. The summed E-state index contributed by atoms with van der Waals surface area (Å²) < 4.78 is 0. The Labute approximate surface area is 89.9 Å². The van der Waals surface area contributed by atoms with E-state index >= 15 is 0 Å². The first-order valence-corrected chi connectivity index (χ1v) is 5.53. The summed E-state index contributed by atoms with van der Waals surface area (Å²) in [5.74, 6) is 0. The molecule has 0 atom stereocenters. The number of aliphatic hydroxyl groups is 1. The van der Waals surface area contributed by atoms with Gasteiger partial charge in [0.15, 0.2) is 0 Å².